The zero-order chi connectivity index (χ0) is 13.5. The Balaban J connectivity index is 2.81. The average Bonchev–Trinajstić information content (AvgIpc) is 2.53. The van der Waals surface area contributed by atoms with Crippen molar-refractivity contribution in [2.45, 2.75) is 24.8 Å². The van der Waals surface area contributed by atoms with Crippen LogP contribution in [0.5, 0.6) is 0 Å². The number of imidazole rings is 1. The Morgan fingerprint density at radius 2 is 2.06 bits per heavy atom. The van der Waals surface area contributed by atoms with Crippen LogP contribution < -0.4 is 0 Å². The van der Waals surface area contributed by atoms with Gasteiger partial charge in [-0.1, -0.05) is 36.5 Å². The number of hydrogen-bond acceptors (Lipinski definition) is 4. The van der Waals surface area contributed by atoms with E-state index in [0.717, 1.165) is 10.9 Å². The van der Waals surface area contributed by atoms with Crippen molar-refractivity contribution in [2.24, 2.45) is 0 Å². The Kier molecular flexibility index (Phi) is 3.73. The van der Waals surface area contributed by atoms with Gasteiger partial charge in [-0.25, -0.2) is 13.4 Å². The van der Waals surface area contributed by atoms with Crippen LogP contribution in [0.2, 0.25) is 10.2 Å². The van der Waals surface area contributed by atoms with Crippen LogP contribution in [0.15, 0.2) is 11.1 Å². The number of nitrogens with zero attached hydrogens (tertiary/aromatic N) is 3. The molecule has 2 aromatic heterocycles. The van der Waals surface area contributed by atoms with Crippen LogP contribution in [0.25, 0.3) is 5.65 Å². The predicted octanol–water partition coefficient (Wildman–Crippen LogP) is 2.92. The highest BCUT2D eigenvalue weighted by Gasteiger charge is 2.24. The highest BCUT2D eigenvalue weighted by molar-refractivity contribution is 8.13. The minimum atomic E-state index is -4.03. The summed E-state index contributed by atoms with van der Waals surface area (Å²) in [5, 5.41) is 3.99. The molecule has 0 saturated carbocycles. The molecular weight excluding hydrogens is 321 g/mol. The summed E-state index contributed by atoms with van der Waals surface area (Å²) in [6.07, 6.45) is 1.44. The monoisotopic (exact) mass is 327 g/mol. The fraction of sp³-hybridized carbons (Fsp3) is 0.333. The molecule has 0 aliphatic heterocycles. The van der Waals surface area contributed by atoms with E-state index >= 15 is 0 Å². The topological polar surface area (TPSA) is 64.3 Å². The van der Waals surface area contributed by atoms with Crippen LogP contribution in [0.4, 0.5) is 0 Å². The SMILES string of the molecule is CCCc1nn2c(S(=O)(=O)Cl)c(Cl)nc2cc1Cl. The van der Waals surface area contributed by atoms with E-state index in [4.69, 9.17) is 33.9 Å². The lowest BCUT2D eigenvalue weighted by Crippen LogP contribution is -2.04. The largest absolute Gasteiger partial charge is 0.281 e. The second-order valence-corrected chi connectivity index (χ2v) is 6.85. The number of hydrogen-bond donors (Lipinski definition) is 0. The summed E-state index contributed by atoms with van der Waals surface area (Å²) < 4.78 is 24.0. The highest BCUT2D eigenvalue weighted by atomic mass is 35.7. The van der Waals surface area contributed by atoms with Crippen molar-refractivity contribution in [2.75, 3.05) is 0 Å². The number of fused-ring (bicyclic) bond motifs is 1. The van der Waals surface area contributed by atoms with Gasteiger partial charge in [0, 0.05) is 16.7 Å². The number of halogens is 3. The normalized spacial score (nSPS) is 12.2. The average molecular weight is 329 g/mol. The molecule has 18 heavy (non-hydrogen) atoms. The van der Waals surface area contributed by atoms with Gasteiger partial charge in [-0.05, 0) is 6.42 Å². The Bertz CT molecular complexity index is 711. The maximum Gasteiger partial charge on any atom is 0.281 e. The van der Waals surface area contributed by atoms with Gasteiger partial charge in [0.05, 0.1) is 10.7 Å². The Morgan fingerprint density at radius 1 is 1.39 bits per heavy atom. The van der Waals surface area contributed by atoms with Gasteiger partial charge in [-0.3, -0.25) is 0 Å². The minimum absolute atomic E-state index is 0.220. The molecule has 0 aliphatic rings. The molecular formula is C9H8Cl3N3O2S. The van der Waals surface area contributed by atoms with Gasteiger partial charge in [0.2, 0.25) is 5.03 Å². The molecule has 0 saturated heterocycles. The predicted molar refractivity (Wildman–Crippen MR) is 70.0 cm³/mol. The van der Waals surface area contributed by atoms with E-state index in [-0.39, 0.29) is 15.8 Å². The van der Waals surface area contributed by atoms with E-state index in [0.29, 0.717) is 17.1 Å². The first kappa shape index (κ1) is 13.9. The molecule has 5 nitrogen and oxygen atoms in total. The molecule has 0 bridgehead atoms. The Hall–Kier alpha value is -0.560. The molecule has 2 rings (SSSR count). The quantitative estimate of drug-likeness (QED) is 0.813. The van der Waals surface area contributed by atoms with Crippen molar-refractivity contribution in [3.8, 4) is 0 Å². The maximum absolute atomic E-state index is 11.4. The molecule has 0 radical (unpaired) electrons. The van der Waals surface area contributed by atoms with Crippen molar-refractivity contribution in [1.29, 1.82) is 0 Å². The van der Waals surface area contributed by atoms with Gasteiger partial charge < -0.3 is 0 Å². The molecule has 2 heterocycles. The molecule has 0 atom stereocenters. The van der Waals surface area contributed by atoms with Gasteiger partial charge in [0.15, 0.2) is 10.8 Å². The standard InChI is InChI=1S/C9H8Cl3N3O2S/c1-2-3-6-5(10)4-7-13-8(11)9(15(7)14-6)18(12,16)17/h4H,2-3H2,1H3. The number of aromatic nitrogens is 3. The lowest BCUT2D eigenvalue weighted by atomic mass is 10.2. The van der Waals surface area contributed by atoms with Gasteiger partial charge in [-0.2, -0.15) is 9.61 Å². The highest BCUT2D eigenvalue weighted by Crippen LogP contribution is 2.27. The second-order valence-electron chi connectivity index (χ2n) is 3.60. The van der Waals surface area contributed by atoms with Gasteiger partial charge in [0.1, 0.15) is 0 Å². The summed E-state index contributed by atoms with van der Waals surface area (Å²) >= 11 is 11.8. The Morgan fingerprint density at radius 3 is 2.61 bits per heavy atom. The van der Waals surface area contributed by atoms with Gasteiger partial charge >= 0.3 is 0 Å². The van der Waals surface area contributed by atoms with Crippen molar-refractivity contribution in [3.63, 3.8) is 0 Å². The molecule has 0 spiro atoms. The molecule has 0 N–H and O–H groups in total. The zero-order valence-electron chi connectivity index (χ0n) is 9.19. The van der Waals surface area contributed by atoms with Crippen molar-refractivity contribution in [1.82, 2.24) is 14.6 Å². The van der Waals surface area contributed by atoms with E-state index < -0.39 is 9.05 Å². The summed E-state index contributed by atoms with van der Waals surface area (Å²) in [6.45, 7) is 1.96. The van der Waals surface area contributed by atoms with Crippen LogP contribution in [0.3, 0.4) is 0 Å². The fourth-order valence-electron chi connectivity index (χ4n) is 1.55. The molecule has 98 valence electrons. The van der Waals surface area contributed by atoms with Crippen LogP contribution in [0, 0.1) is 0 Å². The molecule has 0 aliphatic carbocycles. The minimum Gasteiger partial charge on any atom is -0.214 e. The summed E-state index contributed by atoms with van der Waals surface area (Å²) in [4.78, 5) is 3.86. The first-order chi connectivity index (χ1) is 8.34. The number of aryl methyl sites for hydroxylation is 1. The molecule has 0 fully saturated rings. The molecule has 9 heteroatoms. The molecule has 0 aromatic carbocycles. The van der Waals surface area contributed by atoms with Gasteiger partial charge in [-0.15, -0.1) is 0 Å². The molecule has 0 unspecified atom stereocenters. The van der Waals surface area contributed by atoms with E-state index in [1.807, 2.05) is 6.92 Å². The second kappa shape index (κ2) is 4.85. The van der Waals surface area contributed by atoms with Crippen LogP contribution in [-0.2, 0) is 15.5 Å². The first-order valence-corrected chi connectivity index (χ1v) is 8.09. The third-order valence-corrected chi connectivity index (χ3v) is 4.24. The fourth-order valence-corrected chi connectivity index (χ4v) is 3.38. The Labute approximate surface area is 118 Å². The smallest absolute Gasteiger partial charge is 0.214 e. The van der Waals surface area contributed by atoms with Crippen molar-refractivity contribution < 1.29 is 8.42 Å². The lowest BCUT2D eigenvalue weighted by molar-refractivity contribution is 0.601. The number of rotatable bonds is 3. The van der Waals surface area contributed by atoms with Gasteiger partial charge in [0.25, 0.3) is 9.05 Å². The first-order valence-electron chi connectivity index (χ1n) is 5.03. The van der Waals surface area contributed by atoms with Crippen molar-refractivity contribution in [3.05, 3.63) is 21.9 Å². The molecule has 2 aromatic rings. The van der Waals surface area contributed by atoms with E-state index in [1.54, 1.807) is 0 Å². The van der Waals surface area contributed by atoms with E-state index in [9.17, 15) is 8.42 Å². The third kappa shape index (κ3) is 2.42. The van der Waals surface area contributed by atoms with Crippen LogP contribution in [0.1, 0.15) is 19.0 Å². The summed E-state index contributed by atoms with van der Waals surface area (Å²) in [5.41, 5.74) is 0.811. The summed E-state index contributed by atoms with van der Waals surface area (Å²) in [6, 6.07) is 1.51. The van der Waals surface area contributed by atoms with Crippen molar-refractivity contribution >= 4 is 48.6 Å². The van der Waals surface area contributed by atoms with E-state index in [1.165, 1.54) is 6.07 Å². The molecule has 0 amide bonds. The summed E-state index contributed by atoms with van der Waals surface area (Å²) in [5.74, 6) is 0. The summed E-state index contributed by atoms with van der Waals surface area (Å²) in [7, 11) is 1.28. The van der Waals surface area contributed by atoms with Crippen LogP contribution in [-0.4, -0.2) is 23.0 Å². The zero-order valence-corrected chi connectivity index (χ0v) is 12.3. The van der Waals surface area contributed by atoms with Crippen LogP contribution >= 0.6 is 33.9 Å². The van der Waals surface area contributed by atoms with E-state index in [2.05, 4.69) is 10.1 Å². The maximum atomic E-state index is 11.4. The third-order valence-electron chi connectivity index (χ3n) is 2.27. The lowest BCUT2D eigenvalue weighted by Gasteiger charge is -2.03.